The van der Waals surface area contributed by atoms with Crippen LogP contribution in [0.1, 0.15) is 44.9 Å². The van der Waals surface area contributed by atoms with Gasteiger partial charge in [-0.3, -0.25) is 0 Å². The molecule has 0 aromatic carbocycles. The van der Waals surface area contributed by atoms with Gasteiger partial charge < -0.3 is 9.53 Å². The lowest BCUT2D eigenvalue weighted by Crippen LogP contribution is -2.41. The van der Waals surface area contributed by atoms with E-state index in [2.05, 4.69) is 0 Å². The minimum atomic E-state index is -0.112. The van der Waals surface area contributed by atoms with Crippen LogP contribution in [-0.2, 0) is 9.53 Å². The summed E-state index contributed by atoms with van der Waals surface area (Å²) in [6.45, 7) is 1.53. The van der Waals surface area contributed by atoms with Gasteiger partial charge in [-0.25, -0.2) is 0 Å². The summed E-state index contributed by atoms with van der Waals surface area (Å²) in [5, 5.41) is 0. The number of carbonyl (C=O) groups excluding carboxylic acids is 1. The van der Waals surface area contributed by atoms with E-state index in [-0.39, 0.29) is 5.41 Å². The Kier molecular flexibility index (Phi) is 3.22. The Morgan fingerprint density at radius 2 is 1.93 bits per heavy atom. The van der Waals surface area contributed by atoms with Gasteiger partial charge in [0.15, 0.2) is 0 Å². The van der Waals surface area contributed by atoms with Crippen LogP contribution in [0.5, 0.6) is 0 Å². The normalized spacial score (nSPS) is 35.4. The van der Waals surface area contributed by atoms with Crippen molar-refractivity contribution < 1.29 is 9.53 Å². The van der Waals surface area contributed by atoms with Crippen LogP contribution in [0.15, 0.2) is 0 Å². The molecule has 2 rings (SSSR count). The van der Waals surface area contributed by atoms with E-state index < -0.39 is 0 Å². The van der Waals surface area contributed by atoms with Gasteiger partial charge in [0.25, 0.3) is 0 Å². The number of ether oxygens (including phenoxy) is 1. The Bertz CT molecular complexity index is 188. The highest BCUT2D eigenvalue weighted by Crippen LogP contribution is 2.42. The molecule has 0 aromatic heterocycles. The Balaban J connectivity index is 2.04. The first kappa shape index (κ1) is 10.2. The van der Waals surface area contributed by atoms with Crippen molar-refractivity contribution in [1.29, 1.82) is 0 Å². The summed E-state index contributed by atoms with van der Waals surface area (Å²) in [6.07, 6.45) is 9.76. The van der Waals surface area contributed by atoms with Crippen molar-refractivity contribution in [3.8, 4) is 0 Å². The molecule has 1 aliphatic carbocycles. The maximum absolute atomic E-state index is 11.3. The van der Waals surface area contributed by atoms with Crippen LogP contribution < -0.4 is 0 Å². The van der Waals surface area contributed by atoms with E-state index >= 15 is 0 Å². The zero-order valence-corrected chi connectivity index (χ0v) is 8.84. The van der Waals surface area contributed by atoms with Crippen LogP contribution in [0, 0.1) is 11.3 Å². The van der Waals surface area contributed by atoms with E-state index in [9.17, 15) is 4.79 Å². The summed E-state index contributed by atoms with van der Waals surface area (Å²) >= 11 is 0. The van der Waals surface area contributed by atoms with Crippen molar-refractivity contribution in [3.05, 3.63) is 0 Å². The Morgan fingerprint density at radius 1 is 1.14 bits per heavy atom. The number of hydrogen-bond acceptors (Lipinski definition) is 2. The van der Waals surface area contributed by atoms with Crippen molar-refractivity contribution in [2.24, 2.45) is 11.3 Å². The molecule has 0 bridgehead atoms. The third-order valence-electron chi connectivity index (χ3n) is 3.95. The Labute approximate surface area is 86.0 Å². The van der Waals surface area contributed by atoms with Gasteiger partial charge in [0.1, 0.15) is 6.29 Å². The Morgan fingerprint density at radius 3 is 2.50 bits per heavy atom. The van der Waals surface area contributed by atoms with E-state index in [4.69, 9.17) is 4.74 Å². The molecule has 1 heterocycles. The number of aldehydes is 1. The van der Waals surface area contributed by atoms with Crippen LogP contribution in [0.3, 0.4) is 0 Å². The molecule has 1 aliphatic heterocycles. The highest BCUT2D eigenvalue weighted by atomic mass is 16.5. The highest BCUT2D eigenvalue weighted by molar-refractivity contribution is 5.60. The maximum atomic E-state index is 11.3. The van der Waals surface area contributed by atoms with Crippen LogP contribution in [0.25, 0.3) is 0 Å². The predicted molar refractivity (Wildman–Crippen MR) is 55.1 cm³/mol. The summed E-state index contributed by atoms with van der Waals surface area (Å²) in [5.41, 5.74) is -0.112. The molecule has 0 amide bonds. The Hall–Kier alpha value is -0.370. The molecule has 0 spiro atoms. The average molecular weight is 196 g/mol. The summed E-state index contributed by atoms with van der Waals surface area (Å²) in [5.74, 6) is 0.606. The average Bonchev–Trinajstić information content (AvgIpc) is 2.31. The first-order chi connectivity index (χ1) is 6.87. The lowest BCUT2D eigenvalue weighted by atomic mass is 9.67. The molecule has 1 saturated carbocycles. The van der Waals surface area contributed by atoms with Crippen molar-refractivity contribution >= 4 is 6.29 Å². The van der Waals surface area contributed by atoms with E-state index in [1.807, 2.05) is 0 Å². The quantitative estimate of drug-likeness (QED) is 0.634. The molecule has 2 heteroatoms. The van der Waals surface area contributed by atoms with Gasteiger partial charge in [-0.2, -0.15) is 0 Å². The lowest BCUT2D eigenvalue weighted by molar-refractivity contribution is -0.130. The second kappa shape index (κ2) is 4.43. The SMILES string of the molecule is O=CC1(C2CCCCC2)CCCOC1. The van der Waals surface area contributed by atoms with Gasteiger partial charge in [0.2, 0.25) is 0 Å². The molecule has 2 nitrogen and oxygen atoms in total. The first-order valence-electron chi connectivity index (χ1n) is 5.91. The van der Waals surface area contributed by atoms with Gasteiger partial charge in [-0.15, -0.1) is 0 Å². The topological polar surface area (TPSA) is 26.3 Å². The molecule has 14 heavy (non-hydrogen) atoms. The second-order valence-corrected chi connectivity index (χ2v) is 4.84. The fourth-order valence-corrected chi connectivity index (χ4v) is 3.03. The van der Waals surface area contributed by atoms with Crippen molar-refractivity contribution in [1.82, 2.24) is 0 Å². The van der Waals surface area contributed by atoms with Crippen LogP contribution in [-0.4, -0.2) is 19.5 Å². The van der Waals surface area contributed by atoms with E-state index in [1.165, 1.54) is 38.4 Å². The molecular formula is C12H20O2. The third-order valence-corrected chi connectivity index (χ3v) is 3.95. The summed E-state index contributed by atoms with van der Waals surface area (Å²) in [7, 11) is 0. The van der Waals surface area contributed by atoms with Gasteiger partial charge in [0.05, 0.1) is 12.0 Å². The van der Waals surface area contributed by atoms with Gasteiger partial charge >= 0.3 is 0 Å². The van der Waals surface area contributed by atoms with Gasteiger partial charge in [-0.05, 0) is 31.6 Å². The fraction of sp³-hybridized carbons (Fsp3) is 0.917. The third kappa shape index (κ3) is 1.85. The van der Waals surface area contributed by atoms with Gasteiger partial charge in [0, 0.05) is 6.61 Å². The van der Waals surface area contributed by atoms with Crippen molar-refractivity contribution in [2.75, 3.05) is 13.2 Å². The molecule has 2 fully saturated rings. The van der Waals surface area contributed by atoms with E-state index in [0.29, 0.717) is 12.5 Å². The zero-order chi connectivity index (χ0) is 9.86. The number of hydrogen-bond donors (Lipinski definition) is 0. The number of rotatable bonds is 2. The maximum Gasteiger partial charge on any atom is 0.128 e. The summed E-state index contributed by atoms with van der Waals surface area (Å²) in [4.78, 5) is 11.3. The molecule has 1 saturated heterocycles. The molecule has 0 aromatic rings. The lowest BCUT2D eigenvalue weighted by Gasteiger charge is -2.40. The minimum absolute atomic E-state index is 0.112. The molecular weight excluding hydrogens is 176 g/mol. The molecule has 1 atom stereocenters. The summed E-state index contributed by atoms with van der Waals surface area (Å²) in [6, 6.07) is 0. The molecule has 80 valence electrons. The second-order valence-electron chi connectivity index (χ2n) is 4.84. The largest absolute Gasteiger partial charge is 0.380 e. The van der Waals surface area contributed by atoms with Gasteiger partial charge in [-0.1, -0.05) is 19.3 Å². The molecule has 0 radical (unpaired) electrons. The molecule has 1 unspecified atom stereocenters. The molecule has 2 aliphatic rings. The van der Waals surface area contributed by atoms with Crippen LogP contribution in [0.2, 0.25) is 0 Å². The van der Waals surface area contributed by atoms with Crippen LogP contribution in [0.4, 0.5) is 0 Å². The highest BCUT2D eigenvalue weighted by Gasteiger charge is 2.40. The standard InChI is InChI=1S/C12H20O2/c13-9-12(7-4-8-14-10-12)11-5-2-1-3-6-11/h9,11H,1-8,10H2. The molecule has 0 N–H and O–H groups in total. The van der Waals surface area contributed by atoms with E-state index in [0.717, 1.165) is 19.4 Å². The summed E-state index contributed by atoms with van der Waals surface area (Å²) < 4.78 is 5.50. The number of carbonyl (C=O) groups is 1. The minimum Gasteiger partial charge on any atom is -0.380 e. The van der Waals surface area contributed by atoms with E-state index in [1.54, 1.807) is 0 Å². The smallest absolute Gasteiger partial charge is 0.128 e. The first-order valence-corrected chi connectivity index (χ1v) is 5.91. The zero-order valence-electron chi connectivity index (χ0n) is 8.84. The fourth-order valence-electron chi connectivity index (χ4n) is 3.03. The predicted octanol–water partition coefficient (Wildman–Crippen LogP) is 2.56. The van der Waals surface area contributed by atoms with Crippen LogP contribution >= 0.6 is 0 Å². The van der Waals surface area contributed by atoms with Crippen molar-refractivity contribution in [2.45, 2.75) is 44.9 Å². The van der Waals surface area contributed by atoms with Crippen molar-refractivity contribution in [3.63, 3.8) is 0 Å². The monoisotopic (exact) mass is 196 g/mol.